The van der Waals surface area contributed by atoms with E-state index in [0.29, 0.717) is 6.04 Å². The van der Waals surface area contributed by atoms with Crippen molar-refractivity contribution in [3.05, 3.63) is 0 Å². The number of carbonyl (C=O) groups is 1. The lowest BCUT2D eigenvalue weighted by Gasteiger charge is -2.29. The molecule has 4 nitrogen and oxygen atoms in total. The van der Waals surface area contributed by atoms with E-state index in [4.69, 9.17) is 9.84 Å². The first kappa shape index (κ1) is 9.93. The van der Waals surface area contributed by atoms with Crippen molar-refractivity contribution in [1.29, 1.82) is 0 Å². The third-order valence-corrected chi connectivity index (χ3v) is 3.34. The minimum absolute atomic E-state index is 0.190. The summed E-state index contributed by atoms with van der Waals surface area (Å²) in [6.45, 7) is 3.72. The van der Waals surface area contributed by atoms with E-state index in [1.54, 1.807) is 0 Å². The van der Waals surface area contributed by atoms with Crippen LogP contribution in [0.3, 0.4) is 0 Å². The molecule has 2 rings (SSSR count). The van der Waals surface area contributed by atoms with E-state index in [2.05, 4.69) is 4.90 Å². The molecule has 0 bridgehead atoms. The molecule has 4 heteroatoms. The molecular formula is C10H17NO3. The predicted octanol–water partition coefficient (Wildman–Crippen LogP) is 0.713. The third-order valence-electron chi connectivity index (χ3n) is 3.34. The van der Waals surface area contributed by atoms with Crippen LogP contribution in [0.1, 0.15) is 26.2 Å². The second-order valence-corrected chi connectivity index (χ2v) is 4.17. The highest BCUT2D eigenvalue weighted by Crippen LogP contribution is 2.27. The molecule has 0 aromatic rings. The average Bonchev–Trinajstić information content (AvgIpc) is 2.70. The maximum Gasteiger partial charge on any atom is 0.320 e. The Hall–Kier alpha value is -0.610. The van der Waals surface area contributed by atoms with Crippen LogP contribution < -0.4 is 0 Å². The zero-order valence-corrected chi connectivity index (χ0v) is 8.48. The molecule has 2 saturated heterocycles. The van der Waals surface area contributed by atoms with Crippen LogP contribution in [0.5, 0.6) is 0 Å². The van der Waals surface area contributed by atoms with Crippen LogP contribution in [-0.4, -0.2) is 47.3 Å². The van der Waals surface area contributed by atoms with E-state index in [-0.39, 0.29) is 12.1 Å². The maximum absolute atomic E-state index is 11.0. The van der Waals surface area contributed by atoms with E-state index >= 15 is 0 Å². The monoisotopic (exact) mass is 199 g/mol. The number of carboxylic acids is 1. The largest absolute Gasteiger partial charge is 0.480 e. The first-order valence-corrected chi connectivity index (χ1v) is 5.30. The number of ether oxygens (including phenoxy) is 1. The zero-order valence-electron chi connectivity index (χ0n) is 8.48. The van der Waals surface area contributed by atoms with Gasteiger partial charge in [0.15, 0.2) is 0 Å². The van der Waals surface area contributed by atoms with Crippen molar-refractivity contribution in [2.75, 3.05) is 13.2 Å². The van der Waals surface area contributed by atoms with Crippen LogP contribution in [0.2, 0.25) is 0 Å². The van der Waals surface area contributed by atoms with E-state index in [0.717, 1.165) is 32.4 Å². The smallest absolute Gasteiger partial charge is 0.320 e. The van der Waals surface area contributed by atoms with Crippen molar-refractivity contribution >= 4 is 5.97 Å². The Labute approximate surface area is 83.8 Å². The first-order valence-electron chi connectivity index (χ1n) is 5.30. The molecule has 0 aromatic heterocycles. The highest BCUT2D eigenvalue weighted by atomic mass is 16.5. The number of hydrogen-bond donors (Lipinski definition) is 1. The fourth-order valence-electron chi connectivity index (χ4n) is 2.61. The summed E-state index contributed by atoms with van der Waals surface area (Å²) in [5.41, 5.74) is 0. The second-order valence-electron chi connectivity index (χ2n) is 4.17. The Morgan fingerprint density at radius 1 is 1.50 bits per heavy atom. The number of nitrogens with zero attached hydrogens (tertiary/aromatic N) is 1. The van der Waals surface area contributed by atoms with Gasteiger partial charge in [-0.05, 0) is 32.7 Å². The van der Waals surface area contributed by atoms with Gasteiger partial charge in [-0.2, -0.15) is 0 Å². The summed E-state index contributed by atoms with van der Waals surface area (Å²) in [7, 11) is 0. The number of aliphatic carboxylic acids is 1. The van der Waals surface area contributed by atoms with Crippen molar-refractivity contribution in [2.24, 2.45) is 0 Å². The molecule has 80 valence electrons. The van der Waals surface area contributed by atoms with Gasteiger partial charge in [0, 0.05) is 12.6 Å². The topological polar surface area (TPSA) is 49.8 Å². The van der Waals surface area contributed by atoms with Crippen LogP contribution in [0.25, 0.3) is 0 Å². The molecule has 14 heavy (non-hydrogen) atoms. The predicted molar refractivity (Wildman–Crippen MR) is 51.2 cm³/mol. The Morgan fingerprint density at radius 2 is 2.29 bits per heavy atom. The zero-order chi connectivity index (χ0) is 10.1. The summed E-state index contributed by atoms with van der Waals surface area (Å²) >= 11 is 0. The Morgan fingerprint density at radius 3 is 2.86 bits per heavy atom. The van der Waals surface area contributed by atoms with Gasteiger partial charge < -0.3 is 9.84 Å². The van der Waals surface area contributed by atoms with Crippen molar-refractivity contribution in [3.8, 4) is 0 Å². The highest BCUT2D eigenvalue weighted by Gasteiger charge is 2.39. The molecule has 0 amide bonds. The molecule has 2 fully saturated rings. The van der Waals surface area contributed by atoms with E-state index in [1.807, 2.05) is 6.92 Å². The molecule has 3 atom stereocenters. The van der Waals surface area contributed by atoms with Crippen LogP contribution >= 0.6 is 0 Å². The molecule has 0 radical (unpaired) electrons. The van der Waals surface area contributed by atoms with Gasteiger partial charge in [0.05, 0.1) is 6.10 Å². The van der Waals surface area contributed by atoms with Gasteiger partial charge in [0.2, 0.25) is 0 Å². The Bertz CT molecular complexity index is 231. The lowest BCUT2D eigenvalue weighted by atomic mass is 10.1. The van der Waals surface area contributed by atoms with Crippen molar-refractivity contribution in [1.82, 2.24) is 4.90 Å². The maximum atomic E-state index is 11.0. The number of carboxylic acid groups (broad SMARTS) is 1. The van der Waals surface area contributed by atoms with Crippen LogP contribution in [-0.2, 0) is 9.53 Å². The van der Waals surface area contributed by atoms with Gasteiger partial charge in [-0.3, -0.25) is 9.69 Å². The molecule has 0 saturated carbocycles. The second kappa shape index (κ2) is 3.87. The molecular weight excluding hydrogens is 182 g/mol. The molecule has 3 unspecified atom stereocenters. The van der Waals surface area contributed by atoms with E-state index in [9.17, 15) is 4.79 Å². The summed E-state index contributed by atoms with van der Waals surface area (Å²) in [5, 5.41) is 9.05. The molecule has 1 N–H and O–H groups in total. The van der Waals surface area contributed by atoms with Crippen LogP contribution in [0, 0.1) is 0 Å². The Kier molecular flexibility index (Phi) is 2.74. The summed E-state index contributed by atoms with van der Waals surface area (Å²) < 4.78 is 5.47. The number of rotatable bonds is 2. The fraction of sp³-hybridized carbons (Fsp3) is 0.900. The Balaban J connectivity index is 2.05. The van der Waals surface area contributed by atoms with E-state index in [1.165, 1.54) is 0 Å². The average molecular weight is 199 g/mol. The molecule has 0 spiro atoms. The SMILES string of the molecule is CC1OCCC1N1CCCC1C(=O)O. The summed E-state index contributed by atoms with van der Waals surface area (Å²) in [4.78, 5) is 13.1. The summed E-state index contributed by atoms with van der Waals surface area (Å²) in [6, 6.07) is 0.0442. The lowest BCUT2D eigenvalue weighted by molar-refractivity contribution is -0.143. The standard InChI is InChI=1S/C10H17NO3/c1-7-8(4-6-14-7)11-5-2-3-9(11)10(12)13/h7-9H,2-6H2,1H3,(H,12,13). The minimum atomic E-state index is -0.679. The van der Waals surface area contributed by atoms with Gasteiger partial charge in [-0.1, -0.05) is 0 Å². The normalized spacial score (nSPS) is 39.1. The summed E-state index contributed by atoms with van der Waals surface area (Å²) in [5.74, 6) is -0.679. The third kappa shape index (κ3) is 1.64. The molecule has 2 heterocycles. The lowest BCUT2D eigenvalue weighted by Crippen LogP contribution is -2.46. The summed E-state index contributed by atoms with van der Waals surface area (Å²) in [6.07, 6.45) is 2.96. The van der Waals surface area contributed by atoms with Gasteiger partial charge in [0.1, 0.15) is 6.04 Å². The first-order chi connectivity index (χ1) is 6.70. The van der Waals surface area contributed by atoms with Crippen molar-refractivity contribution in [3.63, 3.8) is 0 Å². The molecule has 0 aromatic carbocycles. The minimum Gasteiger partial charge on any atom is -0.480 e. The van der Waals surface area contributed by atoms with Crippen molar-refractivity contribution in [2.45, 2.75) is 44.4 Å². The number of likely N-dealkylation sites (tertiary alicyclic amines) is 1. The van der Waals surface area contributed by atoms with Crippen LogP contribution in [0.4, 0.5) is 0 Å². The quantitative estimate of drug-likeness (QED) is 0.711. The van der Waals surface area contributed by atoms with Gasteiger partial charge >= 0.3 is 5.97 Å². The van der Waals surface area contributed by atoms with E-state index < -0.39 is 5.97 Å². The molecule has 2 aliphatic rings. The van der Waals surface area contributed by atoms with Crippen molar-refractivity contribution < 1.29 is 14.6 Å². The molecule has 2 aliphatic heterocycles. The van der Waals surface area contributed by atoms with Gasteiger partial charge in [-0.25, -0.2) is 0 Å². The van der Waals surface area contributed by atoms with Crippen LogP contribution in [0.15, 0.2) is 0 Å². The van der Waals surface area contributed by atoms with Gasteiger partial charge in [0.25, 0.3) is 0 Å². The fourth-order valence-corrected chi connectivity index (χ4v) is 2.61. The van der Waals surface area contributed by atoms with Gasteiger partial charge in [-0.15, -0.1) is 0 Å². The highest BCUT2D eigenvalue weighted by molar-refractivity contribution is 5.73. The molecule has 0 aliphatic carbocycles. The number of hydrogen-bond acceptors (Lipinski definition) is 3.